The number of guanidine groups is 1. The summed E-state index contributed by atoms with van der Waals surface area (Å²) in [7, 11) is 1.72. The molecule has 1 aliphatic rings. The first-order valence-corrected chi connectivity index (χ1v) is 9.07. The fourth-order valence-corrected chi connectivity index (χ4v) is 3.64. The largest absolute Gasteiger partial charge is 0.380 e. The van der Waals surface area contributed by atoms with Gasteiger partial charge in [-0.05, 0) is 36.6 Å². The molecular weight excluding hydrogens is 294 g/mol. The Hall–Kier alpha value is -1.20. The van der Waals surface area contributed by atoms with Crippen molar-refractivity contribution in [3.8, 4) is 0 Å². The molecule has 1 fully saturated rings. The molecule has 0 aromatic heterocycles. The molecular formula is C17H27N3OS. The van der Waals surface area contributed by atoms with Crippen molar-refractivity contribution in [1.82, 2.24) is 10.6 Å². The van der Waals surface area contributed by atoms with E-state index < -0.39 is 0 Å². The van der Waals surface area contributed by atoms with Crippen LogP contribution in [0.2, 0.25) is 0 Å². The summed E-state index contributed by atoms with van der Waals surface area (Å²) in [5.74, 6) is 2.21. The maximum Gasteiger partial charge on any atom is 0.191 e. The van der Waals surface area contributed by atoms with Crippen LogP contribution in [0.4, 0.5) is 0 Å². The third-order valence-corrected chi connectivity index (χ3v) is 5.02. The van der Waals surface area contributed by atoms with Gasteiger partial charge in [0.05, 0.1) is 13.2 Å². The summed E-state index contributed by atoms with van der Waals surface area (Å²) >= 11 is 2.07. The number of ether oxygens (including phenoxy) is 1. The SMILES string of the molecule is CCNC(=NCc1ccc(COC)cc1)NCC1CCCS1. The molecule has 4 nitrogen and oxygen atoms in total. The molecule has 0 spiro atoms. The zero-order valence-electron chi connectivity index (χ0n) is 13.6. The highest BCUT2D eigenvalue weighted by Crippen LogP contribution is 2.25. The Morgan fingerprint density at radius 1 is 1.27 bits per heavy atom. The summed E-state index contributed by atoms with van der Waals surface area (Å²) in [4.78, 5) is 4.67. The van der Waals surface area contributed by atoms with Crippen LogP contribution in [0.1, 0.15) is 30.9 Å². The van der Waals surface area contributed by atoms with Crippen LogP contribution < -0.4 is 10.6 Å². The van der Waals surface area contributed by atoms with Gasteiger partial charge in [0, 0.05) is 25.4 Å². The molecule has 1 aliphatic heterocycles. The average molecular weight is 321 g/mol. The van der Waals surface area contributed by atoms with Gasteiger partial charge in [-0.15, -0.1) is 0 Å². The lowest BCUT2D eigenvalue weighted by Crippen LogP contribution is -2.40. The van der Waals surface area contributed by atoms with E-state index in [0.29, 0.717) is 13.2 Å². The second kappa shape index (κ2) is 9.74. The fraction of sp³-hybridized carbons (Fsp3) is 0.588. The molecule has 0 aliphatic carbocycles. The summed E-state index contributed by atoms with van der Waals surface area (Å²) in [6.07, 6.45) is 2.66. The molecule has 2 N–H and O–H groups in total. The van der Waals surface area contributed by atoms with Crippen LogP contribution in [0.5, 0.6) is 0 Å². The number of nitrogens with zero attached hydrogens (tertiary/aromatic N) is 1. The molecule has 1 aromatic rings. The third-order valence-electron chi connectivity index (χ3n) is 3.62. The van der Waals surface area contributed by atoms with E-state index in [4.69, 9.17) is 4.74 Å². The molecule has 0 radical (unpaired) electrons. The highest BCUT2D eigenvalue weighted by molar-refractivity contribution is 8.00. The molecule has 1 aromatic carbocycles. The molecule has 22 heavy (non-hydrogen) atoms. The molecule has 1 unspecified atom stereocenters. The fourth-order valence-electron chi connectivity index (χ4n) is 2.44. The predicted octanol–water partition coefficient (Wildman–Crippen LogP) is 2.78. The van der Waals surface area contributed by atoms with Crippen molar-refractivity contribution in [1.29, 1.82) is 0 Å². The molecule has 0 amide bonds. The molecule has 5 heteroatoms. The van der Waals surface area contributed by atoms with E-state index in [0.717, 1.165) is 24.3 Å². The van der Waals surface area contributed by atoms with E-state index in [1.165, 1.54) is 29.7 Å². The van der Waals surface area contributed by atoms with Crippen molar-refractivity contribution in [3.05, 3.63) is 35.4 Å². The van der Waals surface area contributed by atoms with Gasteiger partial charge in [-0.1, -0.05) is 24.3 Å². The number of thioether (sulfide) groups is 1. The first kappa shape index (κ1) is 17.2. The smallest absolute Gasteiger partial charge is 0.191 e. The van der Waals surface area contributed by atoms with Crippen LogP contribution in [0, 0.1) is 0 Å². The highest BCUT2D eigenvalue weighted by atomic mass is 32.2. The van der Waals surface area contributed by atoms with Gasteiger partial charge in [-0.2, -0.15) is 11.8 Å². The number of rotatable bonds is 7. The maximum absolute atomic E-state index is 5.13. The van der Waals surface area contributed by atoms with E-state index in [1.807, 2.05) is 0 Å². The number of benzene rings is 1. The lowest BCUT2D eigenvalue weighted by Gasteiger charge is -2.14. The van der Waals surface area contributed by atoms with Crippen LogP contribution in [-0.4, -0.2) is 37.2 Å². The molecule has 122 valence electrons. The lowest BCUT2D eigenvalue weighted by atomic mass is 10.1. The standard InChI is InChI=1S/C17H27N3OS/c1-3-18-17(20-12-16-5-4-10-22-16)19-11-14-6-8-15(9-7-14)13-21-2/h6-9,16H,3-5,10-13H2,1-2H3,(H2,18,19,20). The van der Waals surface area contributed by atoms with Crippen LogP contribution in [0.15, 0.2) is 29.3 Å². The number of methoxy groups -OCH3 is 1. The van der Waals surface area contributed by atoms with Gasteiger partial charge in [0.15, 0.2) is 5.96 Å². The first-order chi connectivity index (χ1) is 10.8. The Morgan fingerprint density at radius 3 is 2.68 bits per heavy atom. The van der Waals surface area contributed by atoms with Crippen molar-refractivity contribution < 1.29 is 4.74 Å². The Balaban J connectivity index is 1.85. The number of hydrogen-bond donors (Lipinski definition) is 2. The van der Waals surface area contributed by atoms with Gasteiger partial charge >= 0.3 is 0 Å². The highest BCUT2D eigenvalue weighted by Gasteiger charge is 2.15. The van der Waals surface area contributed by atoms with Gasteiger partial charge in [-0.25, -0.2) is 4.99 Å². The first-order valence-electron chi connectivity index (χ1n) is 8.02. The Morgan fingerprint density at radius 2 is 2.05 bits per heavy atom. The molecule has 2 rings (SSSR count). The van der Waals surface area contributed by atoms with E-state index in [2.05, 4.69) is 58.6 Å². The topological polar surface area (TPSA) is 45.7 Å². The Bertz CT molecular complexity index is 455. The summed E-state index contributed by atoms with van der Waals surface area (Å²) in [5, 5.41) is 7.51. The maximum atomic E-state index is 5.13. The van der Waals surface area contributed by atoms with Crippen LogP contribution in [0.25, 0.3) is 0 Å². The minimum Gasteiger partial charge on any atom is -0.380 e. The normalized spacial score (nSPS) is 18.5. The van der Waals surface area contributed by atoms with Crippen molar-refractivity contribution >= 4 is 17.7 Å². The van der Waals surface area contributed by atoms with E-state index in [9.17, 15) is 0 Å². The zero-order chi connectivity index (χ0) is 15.6. The molecule has 0 bridgehead atoms. The molecule has 1 atom stereocenters. The third kappa shape index (κ3) is 5.89. The van der Waals surface area contributed by atoms with E-state index in [1.54, 1.807) is 7.11 Å². The van der Waals surface area contributed by atoms with Gasteiger partial charge in [0.25, 0.3) is 0 Å². The number of aliphatic imine (C=N–C) groups is 1. The molecule has 1 saturated heterocycles. The van der Waals surface area contributed by atoms with E-state index in [-0.39, 0.29) is 0 Å². The average Bonchev–Trinajstić information content (AvgIpc) is 3.05. The van der Waals surface area contributed by atoms with Gasteiger partial charge in [0.1, 0.15) is 0 Å². The van der Waals surface area contributed by atoms with Crippen LogP contribution in [0.3, 0.4) is 0 Å². The monoisotopic (exact) mass is 321 g/mol. The van der Waals surface area contributed by atoms with Crippen molar-refractivity contribution in [3.63, 3.8) is 0 Å². The van der Waals surface area contributed by atoms with Gasteiger partial charge in [0.2, 0.25) is 0 Å². The van der Waals surface area contributed by atoms with E-state index >= 15 is 0 Å². The lowest BCUT2D eigenvalue weighted by molar-refractivity contribution is 0.185. The van der Waals surface area contributed by atoms with Crippen LogP contribution >= 0.6 is 11.8 Å². The second-order valence-corrected chi connectivity index (χ2v) is 6.87. The van der Waals surface area contributed by atoms with Crippen molar-refractivity contribution in [2.24, 2.45) is 4.99 Å². The minimum atomic E-state index is 0.660. The summed E-state index contributed by atoms with van der Waals surface area (Å²) in [6, 6.07) is 8.44. The summed E-state index contributed by atoms with van der Waals surface area (Å²) < 4.78 is 5.13. The number of nitrogens with one attached hydrogen (secondary N) is 2. The van der Waals surface area contributed by atoms with Crippen molar-refractivity contribution in [2.45, 2.75) is 38.2 Å². The summed E-state index contributed by atoms with van der Waals surface area (Å²) in [6.45, 7) is 5.34. The Labute approximate surface area is 138 Å². The Kier molecular flexibility index (Phi) is 7.60. The van der Waals surface area contributed by atoms with Gasteiger partial charge < -0.3 is 15.4 Å². The van der Waals surface area contributed by atoms with Crippen LogP contribution in [-0.2, 0) is 17.9 Å². The predicted molar refractivity (Wildman–Crippen MR) is 95.5 cm³/mol. The molecule has 0 saturated carbocycles. The minimum absolute atomic E-state index is 0.660. The quantitative estimate of drug-likeness (QED) is 0.599. The summed E-state index contributed by atoms with van der Waals surface area (Å²) in [5.41, 5.74) is 2.41. The number of hydrogen-bond acceptors (Lipinski definition) is 3. The molecule has 1 heterocycles. The van der Waals surface area contributed by atoms with Crippen molar-refractivity contribution in [2.75, 3.05) is 26.0 Å². The zero-order valence-corrected chi connectivity index (χ0v) is 14.4. The second-order valence-electron chi connectivity index (χ2n) is 5.46. The van der Waals surface area contributed by atoms with Gasteiger partial charge in [-0.3, -0.25) is 0 Å².